The highest BCUT2D eigenvalue weighted by molar-refractivity contribution is 5.84. The molecule has 0 atom stereocenters. The van der Waals surface area contributed by atoms with Gasteiger partial charge in [0.15, 0.2) is 0 Å². The van der Waals surface area contributed by atoms with Crippen LogP contribution in [-0.4, -0.2) is 20.4 Å². The lowest BCUT2D eigenvalue weighted by Crippen LogP contribution is -2.15. The number of fused-ring (bicyclic) bond motifs is 3. The quantitative estimate of drug-likeness (QED) is 0.239. The van der Waals surface area contributed by atoms with Crippen LogP contribution < -0.4 is 0 Å². The molecule has 2 heterocycles. The first kappa shape index (κ1) is 23.3. The van der Waals surface area contributed by atoms with Crippen LogP contribution in [0.4, 0.5) is 0 Å². The molecule has 0 spiro atoms. The van der Waals surface area contributed by atoms with E-state index in [-0.39, 0.29) is 5.41 Å². The smallest absolute Gasteiger partial charge is 0.248 e. The number of hydrogen-bond acceptors (Lipinski definition) is 6. The monoisotopic (exact) mass is 510 g/mol. The molecule has 0 amide bonds. The van der Waals surface area contributed by atoms with Crippen LogP contribution in [-0.2, 0) is 5.41 Å². The maximum atomic E-state index is 6.07. The zero-order valence-corrected chi connectivity index (χ0v) is 22.2. The summed E-state index contributed by atoms with van der Waals surface area (Å²) >= 11 is 0. The van der Waals surface area contributed by atoms with Crippen LogP contribution in [0.3, 0.4) is 0 Å². The molecule has 0 radical (unpaired) electrons. The minimum absolute atomic E-state index is 0.240. The van der Waals surface area contributed by atoms with Crippen LogP contribution in [0.2, 0.25) is 0 Å². The Morgan fingerprint density at radius 3 is 1.18 bits per heavy atom. The number of hydrogen-bond donors (Lipinski definition) is 0. The standard InChI is InChI=1S/C33H26N4O2/c1-19-5-9-21(10-6-19)29-34-36-31(38-29)23-13-15-25-26-16-14-24(18-28(26)33(3,4)27(25)17-23)32-37-35-30(39-32)22-11-7-20(2)8-12-22/h5-18H,1-4H3. The minimum atomic E-state index is -0.240. The van der Waals surface area contributed by atoms with E-state index in [2.05, 4.69) is 84.5 Å². The van der Waals surface area contributed by atoms with E-state index in [0.29, 0.717) is 23.6 Å². The van der Waals surface area contributed by atoms with Gasteiger partial charge in [-0.2, -0.15) is 0 Å². The number of aryl methyl sites for hydroxylation is 2. The average Bonchev–Trinajstić information content (AvgIpc) is 3.68. The molecule has 7 rings (SSSR count). The van der Waals surface area contributed by atoms with Crippen molar-refractivity contribution in [2.45, 2.75) is 33.1 Å². The highest BCUT2D eigenvalue weighted by Gasteiger charge is 2.36. The van der Waals surface area contributed by atoms with E-state index in [0.717, 1.165) is 22.3 Å². The van der Waals surface area contributed by atoms with Crippen molar-refractivity contribution < 1.29 is 8.83 Å². The van der Waals surface area contributed by atoms with Crippen molar-refractivity contribution in [2.75, 3.05) is 0 Å². The zero-order chi connectivity index (χ0) is 26.7. The third-order valence-corrected chi connectivity index (χ3v) is 7.62. The van der Waals surface area contributed by atoms with Crippen molar-refractivity contribution in [3.63, 3.8) is 0 Å². The number of nitrogens with zero attached hydrogens (tertiary/aromatic N) is 4. The number of benzene rings is 4. The molecule has 6 heteroatoms. The van der Waals surface area contributed by atoms with Crippen LogP contribution in [0, 0.1) is 13.8 Å². The third kappa shape index (κ3) is 3.87. The van der Waals surface area contributed by atoms with Gasteiger partial charge >= 0.3 is 0 Å². The first-order chi connectivity index (χ1) is 18.9. The van der Waals surface area contributed by atoms with Gasteiger partial charge in [0.1, 0.15) is 0 Å². The molecule has 0 fully saturated rings. The van der Waals surface area contributed by atoms with Gasteiger partial charge in [0.25, 0.3) is 0 Å². The predicted octanol–water partition coefficient (Wildman–Crippen LogP) is 8.04. The Bertz CT molecular complexity index is 1710. The second kappa shape index (κ2) is 8.60. The summed E-state index contributed by atoms with van der Waals surface area (Å²) in [7, 11) is 0. The van der Waals surface area contributed by atoms with Crippen molar-refractivity contribution in [3.05, 3.63) is 107 Å². The summed E-state index contributed by atoms with van der Waals surface area (Å²) in [6, 6.07) is 28.9. The molecule has 39 heavy (non-hydrogen) atoms. The van der Waals surface area contributed by atoms with Crippen LogP contribution in [0.5, 0.6) is 0 Å². The van der Waals surface area contributed by atoms with E-state index in [9.17, 15) is 0 Å². The fourth-order valence-corrected chi connectivity index (χ4v) is 5.31. The summed E-state index contributed by atoms with van der Waals surface area (Å²) in [6.45, 7) is 8.59. The maximum absolute atomic E-state index is 6.07. The fourth-order valence-electron chi connectivity index (χ4n) is 5.31. The molecular formula is C33H26N4O2. The van der Waals surface area contributed by atoms with Gasteiger partial charge in [0, 0.05) is 27.7 Å². The van der Waals surface area contributed by atoms with E-state index in [1.165, 1.54) is 33.4 Å². The Morgan fingerprint density at radius 1 is 0.462 bits per heavy atom. The third-order valence-electron chi connectivity index (χ3n) is 7.62. The molecule has 0 saturated heterocycles. The zero-order valence-electron chi connectivity index (χ0n) is 22.2. The van der Waals surface area contributed by atoms with E-state index in [1.807, 2.05) is 48.5 Å². The molecule has 0 aliphatic heterocycles. The minimum Gasteiger partial charge on any atom is -0.416 e. The molecule has 0 unspecified atom stereocenters. The van der Waals surface area contributed by atoms with Gasteiger partial charge in [0.2, 0.25) is 23.6 Å². The Kier molecular flexibility index (Phi) is 5.13. The fraction of sp³-hybridized carbons (Fsp3) is 0.152. The molecule has 2 aromatic heterocycles. The summed E-state index contributed by atoms with van der Waals surface area (Å²) in [4.78, 5) is 0. The van der Waals surface area contributed by atoms with E-state index in [4.69, 9.17) is 8.83 Å². The van der Waals surface area contributed by atoms with E-state index in [1.54, 1.807) is 0 Å². The normalized spacial score (nSPS) is 13.3. The van der Waals surface area contributed by atoms with Gasteiger partial charge in [-0.3, -0.25) is 0 Å². The van der Waals surface area contributed by atoms with E-state index < -0.39 is 0 Å². The van der Waals surface area contributed by atoms with Gasteiger partial charge in [0.05, 0.1) is 0 Å². The highest BCUT2D eigenvalue weighted by Crippen LogP contribution is 2.50. The van der Waals surface area contributed by atoms with Crippen molar-refractivity contribution in [1.29, 1.82) is 0 Å². The number of rotatable bonds is 4. The molecule has 6 aromatic rings. The van der Waals surface area contributed by atoms with E-state index >= 15 is 0 Å². The van der Waals surface area contributed by atoms with Gasteiger partial charge < -0.3 is 8.83 Å². The molecule has 190 valence electrons. The summed E-state index contributed by atoms with van der Waals surface area (Å²) in [5.41, 5.74) is 10.6. The summed E-state index contributed by atoms with van der Waals surface area (Å²) in [5.74, 6) is 2.05. The van der Waals surface area contributed by atoms with Crippen molar-refractivity contribution in [3.8, 4) is 56.9 Å². The Hall–Kier alpha value is -4.84. The molecule has 4 aromatic carbocycles. The molecule has 6 nitrogen and oxygen atoms in total. The van der Waals surface area contributed by atoms with Crippen LogP contribution >= 0.6 is 0 Å². The SMILES string of the molecule is Cc1ccc(-c2nnc(-c3ccc4c(c3)C(C)(C)c3cc(-c5nnc(-c6ccc(C)cc6)o5)ccc3-4)o2)cc1. The summed E-state index contributed by atoms with van der Waals surface area (Å²) in [5, 5.41) is 17.3. The van der Waals surface area contributed by atoms with Crippen molar-refractivity contribution in [2.24, 2.45) is 0 Å². The van der Waals surface area contributed by atoms with Crippen LogP contribution in [0.25, 0.3) is 56.9 Å². The first-order valence-electron chi connectivity index (χ1n) is 13.0. The lowest BCUT2D eigenvalue weighted by molar-refractivity contribution is 0.584. The van der Waals surface area contributed by atoms with Crippen molar-refractivity contribution >= 4 is 0 Å². The Balaban J connectivity index is 1.22. The average molecular weight is 511 g/mol. The van der Waals surface area contributed by atoms with Gasteiger partial charge in [-0.15, -0.1) is 20.4 Å². The first-order valence-corrected chi connectivity index (χ1v) is 13.0. The number of aromatic nitrogens is 4. The molecule has 0 saturated carbocycles. The Labute approximate surface area is 226 Å². The maximum Gasteiger partial charge on any atom is 0.248 e. The van der Waals surface area contributed by atoms with Gasteiger partial charge in [-0.05, 0) is 84.6 Å². The molecule has 1 aliphatic rings. The largest absolute Gasteiger partial charge is 0.416 e. The summed E-state index contributed by atoms with van der Waals surface area (Å²) in [6.07, 6.45) is 0. The highest BCUT2D eigenvalue weighted by atomic mass is 16.4. The van der Waals surface area contributed by atoms with Gasteiger partial charge in [-0.1, -0.05) is 61.4 Å². The van der Waals surface area contributed by atoms with Crippen LogP contribution in [0.1, 0.15) is 36.1 Å². The second-order valence-electron chi connectivity index (χ2n) is 10.7. The van der Waals surface area contributed by atoms with Gasteiger partial charge in [-0.25, -0.2) is 0 Å². The molecule has 0 bridgehead atoms. The molecular weight excluding hydrogens is 484 g/mol. The van der Waals surface area contributed by atoms with Crippen molar-refractivity contribution in [1.82, 2.24) is 20.4 Å². The second-order valence-corrected chi connectivity index (χ2v) is 10.7. The Morgan fingerprint density at radius 2 is 0.795 bits per heavy atom. The summed E-state index contributed by atoms with van der Waals surface area (Å²) < 4.78 is 12.1. The molecule has 0 N–H and O–H groups in total. The lowest BCUT2D eigenvalue weighted by Gasteiger charge is -2.22. The topological polar surface area (TPSA) is 77.8 Å². The predicted molar refractivity (Wildman–Crippen MR) is 151 cm³/mol. The molecule has 1 aliphatic carbocycles. The van der Waals surface area contributed by atoms with Crippen LogP contribution in [0.15, 0.2) is 93.8 Å². The lowest BCUT2D eigenvalue weighted by atomic mass is 9.81.